The molecule has 0 bridgehead atoms. The van der Waals surface area contributed by atoms with E-state index >= 15 is 0 Å². The van der Waals surface area contributed by atoms with Crippen LogP contribution in [0, 0.1) is 5.41 Å². The van der Waals surface area contributed by atoms with Gasteiger partial charge in [0.05, 0.1) is 22.7 Å². The number of hydrogen-bond donors (Lipinski definition) is 1. The van der Waals surface area contributed by atoms with Crippen LogP contribution in [0.2, 0.25) is 10.0 Å². The van der Waals surface area contributed by atoms with Gasteiger partial charge in [-0.15, -0.1) is 0 Å². The molecule has 3 heterocycles. The normalized spacial score (nSPS) is 15.2. The zero-order chi connectivity index (χ0) is 30.4. The third kappa shape index (κ3) is 5.69. The van der Waals surface area contributed by atoms with Crippen molar-refractivity contribution in [1.82, 2.24) is 9.55 Å². The Kier molecular flexibility index (Phi) is 7.97. The number of amides is 1. The van der Waals surface area contributed by atoms with Crippen molar-refractivity contribution < 1.29 is 27.9 Å². The molecular weight excluding hydrogens is 603 g/mol. The van der Waals surface area contributed by atoms with Gasteiger partial charge in [0.15, 0.2) is 0 Å². The van der Waals surface area contributed by atoms with E-state index in [0.717, 1.165) is 4.31 Å². The number of morpholine rings is 1. The van der Waals surface area contributed by atoms with Crippen LogP contribution in [0.25, 0.3) is 16.7 Å². The molecule has 1 unspecified atom stereocenters. The summed E-state index contributed by atoms with van der Waals surface area (Å²) < 4.78 is 36.1. The minimum atomic E-state index is -4.45. The van der Waals surface area contributed by atoms with Crippen molar-refractivity contribution in [2.24, 2.45) is 5.41 Å². The molecule has 0 aliphatic carbocycles. The second-order valence-corrected chi connectivity index (χ2v) is 13.6. The van der Waals surface area contributed by atoms with Gasteiger partial charge in [0, 0.05) is 46.1 Å². The number of hydrogen-bond acceptors (Lipinski definition) is 6. The number of sulfonamides is 1. The molecule has 13 heteroatoms. The van der Waals surface area contributed by atoms with Gasteiger partial charge < -0.3 is 19.3 Å². The smallest absolute Gasteiger partial charge is 0.328 e. The standard InChI is InChI=1S/C29H28Cl2N4O6S/c1-29(2,3)27(28(37)38)35(42(39,40)23-14-19(30)13-20(31)15-23)22-4-5-24-18(12-22)7-9-34(24)25-16-21(6-8-32-25)33-10-11-41-17-26(33)36/h4-9,12-16,27H,10-11,17H2,1-3H3,(H,37,38). The van der Waals surface area contributed by atoms with E-state index < -0.39 is 27.4 Å². The fourth-order valence-electron chi connectivity index (χ4n) is 5.01. The number of anilines is 2. The molecule has 42 heavy (non-hydrogen) atoms. The highest BCUT2D eigenvalue weighted by Gasteiger charge is 2.43. The number of aliphatic carboxylic acids is 1. The zero-order valence-corrected chi connectivity index (χ0v) is 25.3. The largest absolute Gasteiger partial charge is 0.480 e. The second-order valence-electron chi connectivity index (χ2n) is 10.9. The Morgan fingerprint density at radius 3 is 2.43 bits per heavy atom. The minimum Gasteiger partial charge on any atom is -0.480 e. The molecule has 1 atom stereocenters. The Morgan fingerprint density at radius 2 is 1.79 bits per heavy atom. The number of rotatable bonds is 7. The van der Waals surface area contributed by atoms with Crippen LogP contribution in [0.3, 0.4) is 0 Å². The second kappa shape index (κ2) is 11.2. The average Bonchev–Trinajstić information content (AvgIpc) is 3.34. The first-order valence-corrected chi connectivity index (χ1v) is 15.2. The van der Waals surface area contributed by atoms with E-state index in [4.69, 9.17) is 27.9 Å². The van der Waals surface area contributed by atoms with Gasteiger partial charge in [0.25, 0.3) is 15.9 Å². The van der Waals surface area contributed by atoms with Crippen LogP contribution in [0.5, 0.6) is 0 Å². The third-order valence-corrected chi connectivity index (χ3v) is 9.09. The molecule has 1 N–H and O–H groups in total. The van der Waals surface area contributed by atoms with Crippen molar-refractivity contribution in [3.63, 3.8) is 0 Å². The molecule has 10 nitrogen and oxygen atoms in total. The molecule has 220 valence electrons. The summed E-state index contributed by atoms with van der Waals surface area (Å²) in [5.74, 6) is -0.907. The molecule has 1 fully saturated rings. The van der Waals surface area contributed by atoms with Crippen LogP contribution in [-0.4, -0.2) is 60.8 Å². The van der Waals surface area contributed by atoms with E-state index in [2.05, 4.69) is 4.98 Å². The van der Waals surface area contributed by atoms with Gasteiger partial charge in [0.1, 0.15) is 18.5 Å². The summed E-state index contributed by atoms with van der Waals surface area (Å²) in [4.78, 5) is 30.9. The van der Waals surface area contributed by atoms with Gasteiger partial charge in [0.2, 0.25) is 0 Å². The predicted molar refractivity (Wildman–Crippen MR) is 161 cm³/mol. The van der Waals surface area contributed by atoms with Gasteiger partial charge in [-0.3, -0.25) is 9.10 Å². The maximum Gasteiger partial charge on any atom is 0.328 e. The Hall–Kier alpha value is -3.64. The minimum absolute atomic E-state index is 0.0135. The Labute approximate surface area is 253 Å². The highest BCUT2D eigenvalue weighted by atomic mass is 35.5. The maximum absolute atomic E-state index is 14.1. The maximum atomic E-state index is 14.1. The summed E-state index contributed by atoms with van der Waals surface area (Å²) in [5.41, 5.74) is 0.532. The lowest BCUT2D eigenvalue weighted by molar-refractivity contribution is -0.140. The van der Waals surface area contributed by atoms with E-state index in [0.29, 0.717) is 35.6 Å². The van der Waals surface area contributed by atoms with E-state index in [-0.39, 0.29) is 33.1 Å². The number of carboxylic acids is 1. The highest BCUT2D eigenvalue weighted by molar-refractivity contribution is 7.93. The van der Waals surface area contributed by atoms with Crippen LogP contribution in [0.4, 0.5) is 11.4 Å². The van der Waals surface area contributed by atoms with Crippen LogP contribution < -0.4 is 9.21 Å². The Bertz CT molecular complexity index is 1780. The topological polar surface area (TPSA) is 122 Å². The van der Waals surface area contributed by atoms with Gasteiger partial charge in [-0.1, -0.05) is 44.0 Å². The van der Waals surface area contributed by atoms with Crippen molar-refractivity contribution in [2.45, 2.75) is 31.7 Å². The first-order chi connectivity index (χ1) is 19.8. The fraction of sp³-hybridized carbons (Fsp3) is 0.276. The number of ether oxygens (including phenoxy) is 1. The molecular formula is C29H28Cl2N4O6S. The molecule has 0 radical (unpaired) electrons. The molecule has 1 saturated heterocycles. The van der Waals surface area contributed by atoms with Crippen molar-refractivity contribution >= 4 is 67.4 Å². The summed E-state index contributed by atoms with van der Waals surface area (Å²) in [6.07, 6.45) is 3.38. The number of pyridine rings is 1. The van der Waals surface area contributed by atoms with E-state index in [9.17, 15) is 23.1 Å². The number of nitrogens with zero attached hydrogens (tertiary/aromatic N) is 4. The summed E-state index contributed by atoms with van der Waals surface area (Å²) in [6, 6.07) is 12.6. The van der Waals surface area contributed by atoms with Gasteiger partial charge >= 0.3 is 5.97 Å². The van der Waals surface area contributed by atoms with E-state index in [1.807, 2.05) is 4.57 Å². The number of benzene rings is 2. The van der Waals surface area contributed by atoms with Crippen LogP contribution in [0.1, 0.15) is 20.8 Å². The summed E-state index contributed by atoms with van der Waals surface area (Å²) in [6.45, 7) is 5.86. The number of halogens is 2. The third-order valence-electron chi connectivity index (χ3n) is 6.88. The first-order valence-electron chi connectivity index (χ1n) is 13.0. The van der Waals surface area contributed by atoms with Crippen molar-refractivity contribution in [2.75, 3.05) is 29.0 Å². The molecule has 2 aromatic heterocycles. The van der Waals surface area contributed by atoms with E-state index in [1.54, 1.807) is 74.5 Å². The Morgan fingerprint density at radius 1 is 1.07 bits per heavy atom. The highest BCUT2D eigenvalue weighted by Crippen LogP contribution is 2.37. The summed E-state index contributed by atoms with van der Waals surface area (Å²) >= 11 is 12.3. The SMILES string of the molecule is CC(C)(C)C(C(=O)O)N(c1ccc2c(ccn2-c2cc(N3CCOCC3=O)ccn2)c1)S(=O)(=O)c1cc(Cl)cc(Cl)c1. The van der Waals surface area contributed by atoms with Crippen LogP contribution >= 0.6 is 23.2 Å². The quantitative estimate of drug-likeness (QED) is 0.290. The number of aromatic nitrogens is 2. The monoisotopic (exact) mass is 630 g/mol. The van der Waals surface area contributed by atoms with E-state index in [1.165, 1.54) is 18.2 Å². The molecule has 0 saturated carbocycles. The molecule has 2 aromatic carbocycles. The molecule has 1 aliphatic rings. The summed E-state index contributed by atoms with van der Waals surface area (Å²) in [5, 5.41) is 11.1. The lowest BCUT2D eigenvalue weighted by Crippen LogP contribution is -2.52. The number of carbonyl (C=O) groups excluding carboxylic acids is 1. The van der Waals surface area contributed by atoms with Crippen molar-refractivity contribution in [3.8, 4) is 5.82 Å². The van der Waals surface area contributed by atoms with Gasteiger partial charge in [-0.2, -0.15) is 0 Å². The lowest BCUT2D eigenvalue weighted by atomic mass is 9.86. The van der Waals surface area contributed by atoms with Gasteiger partial charge in [-0.05, 0) is 53.9 Å². The van der Waals surface area contributed by atoms with Crippen LogP contribution in [0.15, 0.2) is 71.9 Å². The first kappa shape index (κ1) is 29.8. The number of carbonyl (C=O) groups is 2. The van der Waals surface area contributed by atoms with Crippen molar-refractivity contribution in [3.05, 3.63) is 77.0 Å². The molecule has 5 rings (SSSR count). The predicted octanol–water partition coefficient (Wildman–Crippen LogP) is 5.39. The van der Waals surface area contributed by atoms with Crippen LogP contribution in [-0.2, 0) is 24.3 Å². The summed E-state index contributed by atoms with van der Waals surface area (Å²) in [7, 11) is -4.45. The average molecular weight is 632 g/mol. The number of fused-ring (bicyclic) bond motifs is 1. The fourth-order valence-corrected chi connectivity index (χ4v) is 7.51. The van der Waals surface area contributed by atoms with Crippen molar-refractivity contribution in [1.29, 1.82) is 0 Å². The lowest BCUT2D eigenvalue weighted by Gasteiger charge is -2.37. The molecule has 1 amide bonds. The Balaban J connectivity index is 1.62. The molecule has 4 aromatic rings. The zero-order valence-electron chi connectivity index (χ0n) is 23.0. The molecule has 1 aliphatic heterocycles. The number of carboxylic acid groups (broad SMARTS) is 1. The van der Waals surface area contributed by atoms with Gasteiger partial charge in [-0.25, -0.2) is 18.2 Å². The molecule has 0 spiro atoms.